The van der Waals surface area contributed by atoms with E-state index in [-0.39, 0.29) is 16.5 Å². The van der Waals surface area contributed by atoms with Crippen LogP contribution in [0.3, 0.4) is 0 Å². The highest BCUT2D eigenvalue weighted by atomic mass is 32.2. The minimum atomic E-state index is -3.87. The number of anilines is 2. The molecule has 0 aliphatic rings. The fourth-order valence-electron chi connectivity index (χ4n) is 3.17. The Morgan fingerprint density at radius 2 is 1.34 bits per heavy atom. The van der Waals surface area contributed by atoms with Gasteiger partial charge in [0.15, 0.2) is 0 Å². The van der Waals surface area contributed by atoms with E-state index in [0.717, 1.165) is 23.3 Å². The van der Waals surface area contributed by atoms with Crippen LogP contribution in [-0.4, -0.2) is 14.3 Å². The summed E-state index contributed by atoms with van der Waals surface area (Å²) in [6.07, 6.45) is 0. The monoisotopic (exact) mass is 446 g/mol. The predicted octanol–water partition coefficient (Wildman–Crippen LogP) is 5.55. The highest BCUT2D eigenvalue weighted by Crippen LogP contribution is 2.28. The minimum absolute atomic E-state index is 0.0572. The summed E-state index contributed by atoms with van der Waals surface area (Å²) in [4.78, 5) is 12.7. The van der Waals surface area contributed by atoms with Gasteiger partial charge in [-0.15, -0.1) is 0 Å². The van der Waals surface area contributed by atoms with Gasteiger partial charge in [0.2, 0.25) is 0 Å². The van der Waals surface area contributed by atoms with Crippen LogP contribution in [0.5, 0.6) is 0 Å². The van der Waals surface area contributed by atoms with Gasteiger partial charge in [0.1, 0.15) is 5.82 Å². The summed E-state index contributed by atoms with van der Waals surface area (Å²) < 4.78 is 40.3. The van der Waals surface area contributed by atoms with Gasteiger partial charge < -0.3 is 5.32 Å². The van der Waals surface area contributed by atoms with Gasteiger partial charge in [-0.25, -0.2) is 12.8 Å². The van der Waals surface area contributed by atoms with Gasteiger partial charge in [0.25, 0.3) is 15.9 Å². The Labute approximate surface area is 185 Å². The molecule has 1 amide bonds. The number of carbonyl (C=O) groups is 1. The molecule has 7 heteroatoms. The van der Waals surface area contributed by atoms with E-state index in [1.807, 2.05) is 54.6 Å². The number of sulfonamides is 1. The summed E-state index contributed by atoms with van der Waals surface area (Å²) in [5.74, 6) is -0.838. The third-order valence-electron chi connectivity index (χ3n) is 4.78. The molecule has 4 aromatic carbocycles. The van der Waals surface area contributed by atoms with Crippen LogP contribution in [0.2, 0.25) is 0 Å². The van der Waals surface area contributed by atoms with Gasteiger partial charge in [0, 0.05) is 22.5 Å². The van der Waals surface area contributed by atoms with Crippen molar-refractivity contribution in [3.63, 3.8) is 0 Å². The molecule has 0 heterocycles. The van der Waals surface area contributed by atoms with Crippen molar-refractivity contribution < 1.29 is 17.6 Å². The SMILES string of the molecule is O=C(Nc1ccccc1-c1ccccc1)c1ccc(NS(=O)(=O)c2ccc(F)cc2)cc1. The van der Waals surface area contributed by atoms with Crippen molar-refractivity contribution in [1.29, 1.82) is 0 Å². The normalized spacial score (nSPS) is 11.0. The molecule has 0 unspecified atom stereocenters. The number of hydrogen-bond acceptors (Lipinski definition) is 3. The van der Waals surface area contributed by atoms with E-state index in [9.17, 15) is 17.6 Å². The molecule has 0 atom stereocenters. The van der Waals surface area contributed by atoms with E-state index in [1.54, 1.807) is 0 Å². The third-order valence-corrected chi connectivity index (χ3v) is 6.18. The Bertz CT molecular complexity index is 1340. The molecule has 32 heavy (non-hydrogen) atoms. The van der Waals surface area contributed by atoms with Crippen LogP contribution in [0.25, 0.3) is 11.1 Å². The van der Waals surface area contributed by atoms with Crippen molar-refractivity contribution in [3.8, 4) is 11.1 Å². The maximum absolute atomic E-state index is 13.0. The average molecular weight is 447 g/mol. The van der Waals surface area contributed by atoms with Gasteiger partial charge >= 0.3 is 0 Å². The fraction of sp³-hybridized carbons (Fsp3) is 0. The van der Waals surface area contributed by atoms with Crippen LogP contribution < -0.4 is 10.0 Å². The molecule has 4 rings (SSSR count). The molecule has 0 saturated carbocycles. The maximum atomic E-state index is 13.0. The van der Waals surface area contributed by atoms with Crippen molar-refractivity contribution in [3.05, 3.63) is 115 Å². The van der Waals surface area contributed by atoms with E-state index in [0.29, 0.717) is 11.3 Å². The van der Waals surface area contributed by atoms with Gasteiger partial charge in [-0.05, 0) is 60.2 Å². The molecule has 0 radical (unpaired) electrons. The number of halogens is 1. The summed E-state index contributed by atoms with van der Waals surface area (Å²) in [7, 11) is -3.87. The third kappa shape index (κ3) is 4.84. The highest BCUT2D eigenvalue weighted by Gasteiger charge is 2.15. The largest absolute Gasteiger partial charge is 0.321 e. The van der Waals surface area contributed by atoms with Crippen molar-refractivity contribution in [2.45, 2.75) is 4.90 Å². The molecule has 160 valence electrons. The molecule has 0 aromatic heterocycles. The molecular weight excluding hydrogens is 427 g/mol. The summed E-state index contributed by atoms with van der Waals surface area (Å²) in [5.41, 5.74) is 3.21. The number of rotatable bonds is 6. The Kier molecular flexibility index (Phi) is 6.00. The Morgan fingerprint density at radius 3 is 2.03 bits per heavy atom. The second kappa shape index (κ2) is 9.03. The number of carbonyl (C=O) groups excluding carboxylic acids is 1. The van der Waals surface area contributed by atoms with Crippen LogP contribution in [0.1, 0.15) is 10.4 Å². The molecule has 5 nitrogen and oxygen atoms in total. The fourth-order valence-corrected chi connectivity index (χ4v) is 4.23. The zero-order valence-corrected chi connectivity index (χ0v) is 17.6. The second-order valence-electron chi connectivity index (χ2n) is 7.00. The van der Waals surface area contributed by atoms with Crippen LogP contribution in [0.15, 0.2) is 108 Å². The lowest BCUT2D eigenvalue weighted by atomic mass is 10.0. The quantitative estimate of drug-likeness (QED) is 0.408. The number of amides is 1. The standard InChI is InChI=1S/C25H19FN2O3S/c26-20-12-16-22(17-13-20)32(30,31)28-21-14-10-19(11-15-21)25(29)27-24-9-5-4-8-23(24)18-6-2-1-3-7-18/h1-17,28H,(H,27,29). The van der Waals surface area contributed by atoms with Crippen LogP contribution >= 0.6 is 0 Å². The molecule has 0 spiro atoms. The van der Waals surface area contributed by atoms with Crippen molar-refractivity contribution in [1.82, 2.24) is 0 Å². The van der Waals surface area contributed by atoms with Gasteiger partial charge in [-0.2, -0.15) is 0 Å². The van der Waals surface area contributed by atoms with E-state index in [2.05, 4.69) is 10.0 Å². The zero-order chi connectivity index (χ0) is 22.6. The van der Waals surface area contributed by atoms with Gasteiger partial charge in [0.05, 0.1) is 4.90 Å². The number of nitrogens with one attached hydrogen (secondary N) is 2. The first kappa shape index (κ1) is 21.3. The lowest BCUT2D eigenvalue weighted by molar-refractivity contribution is 0.102. The lowest BCUT2D eigenvalue weighted by Crippen LogP contribution is -2.14. The van der Waals surface area contributed by atoms with Crippen LogP contribution in [-0.2, 0) is 10.0 Å². The average Bonchev–Trinajstić information content (AvgIpc) is 2.80. The molecule has 0 aliphatic heterocycles. The number of para-hydroxylation sites is 1. The molecule has 0 fully saturated rings. The Balaban J connectivity index is 1.49. The summed E-state index contributed by atoms with van der Waals surface area (Å²) in [6.45, 7) is 0. The molecule has 0 bridgehead atoms. The van der Waals surface area contributed by atoms with E-state index in [1.165, 1.54) is 36.4 Å². The van der Waals surface area contributed by atoms with Crippen molar-refractivity contribution in [2.24, 2.45) is 0 Å². The van der Waals surface area contributed by atoms with E-state index < -0.39 is 15.8 Å². The topological polar surface area (TPSA) is 75.3 Å². The van der Waals surface area contributed by atoms with Gasteiger partial charge in [-0.3, -0.25) is 9.52 Å². The first-order valence-corrected chi connectivity index (χ1v) is 11.2. The Morgan fingerprint density at radius 1 is 0.719 bits per heavy atom. The van der Waals surface area contributed by atoms with E-state index in [4.69, 9.17) is 0 Å². The van der Waals surface area contributed by atoms with Crippen molar-refractivity contribution in [2.75, 3.05) is 10.0 Å². The Hall–Kier alpha value is -3.97. The van der Waals surface area contributed by atoms with Gasteiger partial charge in [-0.1, -0.05) is 48.5 Å². The lowest BCUT2D eigenvalue weighted by Gasteiger charge is -2.12. The first-order chi connectivity index (χ1) is 15.4. The van der Waals surface area contributed by atoms with Crippen LogP contribution in [0, 0.1) is 5.82 Å². The number of hydrogen-bond donors (Lipinski definition) is 2. The molecule has 0 saturated heterocycles. The number of benzene rings is 4. The summed E-state index contributed by atoms with van der Waals surface area (Å²) in [5, 5.41) is 2.91. The smallest absolute Gasteiger partial charge is 0.261 e. The first-order valence-electron chi connectivity index (χ1n) is 9.77. The molecule has 2 N–H and O–H groups in total. The molecule has 4 aromatic rings. The van der Waals surface area contributed by atoms with Crippen LogP contribution in [0.4, 0.5) is 15.8 Å². The molecular formula is C25H19FN2O3S. The summed E-state index contributed by atoms with van der Waals surface area (Å²) >= 11 is 0. The zero-order valence-electron chi connectivity index (χ0n) is 16.8. The summed E-state index contributed by atoms with van der Waals surface area (Å²) in [6, 6.07) is 27.8. The highest BCUT2D eigenvalue weighted by molar-refractivity contribution is 7.92. The maximum Gasteiger partial charge on any atom is 0.261 e. The minimum Gasteiger partial charge on any atom is -0.321 e. The van der Waals surface area contributed by atoms with Crippen molar-refractivity contribution >= 4 is 27.3 Å². The van der Waals surface area contributed by atoms with E-state index >= 15 is 0 Å². The molecule has 0 aliphatic carbocycles. The predicted molar refractivity (Wildman–Crippen MR) is 123 cm³/mol. The second-order valence-corrected chi connectivity index (χ2v) is 8.68.